The van der Waals surface area contributed by atoms with Gasteiger partial charge in [-0.05, 0) is 10.6 Å². The Balaban J connectivity index is 2.12. The van der Waals surface area contributed by atoms with Crippen LogP contribution >= 0.6 is 0 Å². The van der Waals surface area contributed by atoms with Crippen LogP contribution in [-0.4, -0.2) is 33.4 Å². The maximum Gasteiger partial charge on any atom is 0.280 e. The monoisotopic (exact) mass is 350 g/mol. The molecule has 23 heavy (non-hydrogen) atoms. The molecular formula is C17H26N2O2SSi. The molecule has 0 radical (unpaired) electrons. The van der Waals surface area contributed by atoms with Gasteiger partial charge in [0.15, 0.2) is 0 Å². The lowest BCUT2D eigenvalue weighted by Crippen LogP contribution is -2.36. The topological polar surface area (TPSA) is 49.4 Å². The van der Waals surface area contributed by atoms with E-state index in [-0.39, 0.29) is 11.1 Å². The van der Waals surface area contributed by atoms with Crippen LogP contribution in [-0.2, 0) is 16.8 Å². The summed E-state index contributed by atoms with van der Waals surface area (Å²) in [7, 11) is -5.17. The average Bonchev–Trinajstić information content (AvgIpc) is 2.71. The molecule has 4 nitrogen and oxygen atoms in total. The largest absolute Gasteiger partial charge is 0.280 e. The van der Waals surface area contributed by atoms with E-state index < -0.39 is 18.3 Å². The van der Waals surface area contributed by atoms with Gasteiger partial charge < -0.3 is 0 Å². The van der Waals surface area contributed by atoms with Crippen LogP contribution in [0.4, 0.5) is 0 Å². The Morgan fingerprint density at radius 1 is 1.26 bits per heavy atom. The first-order chi connectivity index (χ1) is 10.5. The quantitative estimate of drug-likeness (QED) is 0.659. The van der Waals surface area contributed by atoms with E-state index in [9.17, 15) is 8.42 Å². The zero-order valence-corrected chi connectivity index (χ0v) is 16.4. The molecule has 0 spiro atoms. The van der Waals surface area contributed by atoms with Gasteiger partial charge in [-0.2, -0.15) is 17.4 Å². The average molecular weight is 351 g/mol. The molecule has 1 fully saturated rings. The van der Waals surface area contributed by atoms with Crippen molar-refractivity contribution < 1.29 is 8.42 Å². The third-order valence-electron chi connectivity index (χ3n) is 4.65. The minimum atomic E-state index is -3.44. The minimum Gasteiger partial charge on any atom is -0.195 e. The minimum absolute atomic E-state index is 0.168. The molecule has 1 saturated heterocycles. The predicted molar refractivity (Wildman–Crippen MR) is 97.7 cm³/mol. The number of benzene rings is 1. The summed E-state index contributed by atoms with van der Waals surface area (Å²) in [4.78, 5) is 0. The Hall–Kier alpha value is -1.13. The molecule has 0 bridgehead atoms. The lowest BCUT2D eigenvalue weighted by atomic mass is 10.2. The van der Waals surface area contributed by atoms with Crippen LogP contribution in [0.2, 0.25) is 18.1 Å². The summed E-state index contributed by atoms with van der Waals surface area (Å²) < 4.78 is 28.6. The maximum atomic E-state index is 12.3. The van der Waals surface area contributed by atoms with Crippen molar-refractivity contribution in [2.75, 3.05) is 6.54 Å². The van der Waals surface area contributed by atoms with Crippen LogP contribution in [0, 0.1) is 11.5 Å². The number of rotatable bonds is 2. The Labute approximate surface area is 141 Å². The van der Waals surface area contributed by atoms with Gasteiger partial charge in [0.25, 0.3) is 10.2 Å². The van der Waals surface area contributed by atoms with E-state index in [4.69, 9.17) is 0 Å². The molecular weight excluding hydrogens is 324 g/mol. The number of hydrogen-bond donors (Lipinski definition) is 1. The van der Waals surface area contributed by atoms with Crippen LogP contribution in [0.1, 0.15) is 26.3 Å². The van der Waals surface area contributed by atoms with Crippen molar-refractivity contribution in [2.45, 2.75) is 51.5 Å². The van der Waals surface area contributed by atoms with Gasteiger partial charge in [0, 0.05) is 13.1 Å². The van der Waals surface area contributed by atoms with Crippen LogP contribution in [0.5, 0.6) is 0 Å². The molecule has 1 aromatic rings. The van der Waals surface area contributed by atoms with Crippen molar-refractivity contribution in [3.63, 3.8) is 0 Å². The number of hydrogen-bond acceptors (Lipinski definition) is 2. The van der Waals surface area contributed by atoms with Crippen molar-refractivity contribution >= 4 is 18.3 Å². The Morgan fingerprint density at radius 3 is 2.43 bits per heavy atom. The predicted octanol–water partition coefficient (Wildman–Crippen LogP) is 2.76. The highest BCUT2D eigenvalue weighted by molar-refractivity contribution is 7.87. The Bertz CT molecular complexity index is 712. The lowest BCUT2D eigenvalue weighted by molar-refractivity contribution is 0.437. The van der Waals surface area contributed by atoms with Gasteiger partial charge in [0.1, 0.15) is 8.07 Å². The highest BCUT2D eigenvalue weighted by Crippen LogP contribution is 2.35. The molecule has 1 aromatic carbocycles. The molecule has 1 aliphatic rings. The van der Waals surface area contributed by atoms with E-state index in [0.29, 0.717) is 13.1 Å². The second-order valence-electron chi connectivity index (χ2n) is 7.60. The molecule has 2 rings (SSSR count). The fraction of sp³-hybridized carbons (Fsp3) is 0.529. The second-order valence-corrected chi connectivity index (χ2v) is 14.3. The first-order valence-corrected chi connectivity index (χ1v) is 12.3. The molecule has 6 heteroatoms. The Kier molecular flexibility index (Phi) is 5.07. The normalized spacial score (nSPS) is 21.7. The molecule has 0 aromatic heterocycles. The van der Waals surface area contributed by atoms with Gasteiger partial charge in [-0.25, -0.2) is 0 Å². The van der Waals surface area contributed by atoms with Crippen LogP contribution in [0.15, 0.2) is 30.3 Å². The smallest absolute Gasteiger partial charge is 0.195 e. The molecule has 0 aliphatic carbocycles. The van der Waals surface area contributed by atoms with Crippen LogP contribution < -0.4 is 4.72 Å². The molecule has 0 unspecified atom stereocenters. The zero-order chi connectivity index (χ0) is 17.3. The maximum absolute atomic E-state index is 12.3. The highest BCUT2D eigenvalue weighted by atomic mass is 32.2. The third kappa shape index (κ3) is 4.45. The summed E-state index contributed by atoms with van der Waals surface area (Å²) in [5.41, 5.74) is 4.38. The van der Waals surface area contributed by atoms with Gasteiger partial charge in [0.2, 0.25) is 0 Å². The van der Waals surface area contributed by atoms with E-state index in [1.807, 2.05) is 30.3 Å². The molecule has 1 N–H and O–H groups in total. The van der Waals surface area contributed by atoms with Gasteiger partial charge >= 0.3 is 0 Å². The van der Waals surface area contributed by atoms with Gasteiger partial charge in [-0.15, -0.1) is 5.54 Å². The molecule has 1 aliphatic heterocycles. The fourth-order valence-corrected chi connectivity index (χ4v) is 4.28. The van der Waals surface area contributed by atoms with E-state index in [1.54, 1.807) is 0 Å². The third-order valence-corrected chi connectivity index (χ3v) is 10.7. The summed E-state index contributed by atoms with van der Waals surface area (Å²) in [5, 5.41) is 0.168. The van der Waals surface area contributed by atoms with Crippen molar-refractivity contribution in [1.29, 1.82) is 0 Å². The van der Waals surface area contributed by atoms with Crippen molar-refractivity contribution in [2.24, 2.45) is 0 Å². The van der Waals surface area contributed by atoms with Gasteiger partial charge in [0.05, 0.1) is 6.04 Å². The molecule has 0 saturated carbocycles. The van der Waals surface area contributed by atoms with E-state index >= 15 is 0 Å². The molecule has 1 atom stereocenters. The Morgan fingerprint density at radius 2 is 1.87 bits per heavy atom. The van der Waals surface area contributed by atoms with E-state index in [2.05, 4.69) is 50.1 Å². The summed E-state index contributed by atoms with van der Waals surface area (Å²) in [5.74, 6) is 3.18. The van der Waals surface area contributed by atoms with Crippen molar-refractivity contribution in [3.8, 4) is 11.5 Å². The second kappa shape index (κ2) is 6.40. The first-order valence-electron chi connectivity index (χ1n) is 7.85. The summed E-state index contributed by atoms with van der Waals surface area (Å²) in [6.45, 7) is 11.8. The van der Waals surface area contributed by atoms with Gasteiger partial charge in [-0.3, -0.25) is 0 Å². The summed E-state index contributed by atoms with van der Waals surface area (Å²) in [6, 6.07) is 9.31. The fourth-order valence-electron chi connectivity index (χ4n) is 2.06. The SMILES string of the molecule is CC(C)(C)[Si](C)(C)C#C[C@@H]1CN(Cc2ccccc2)S(=O)(=O)N1. The summed E-state index contributed by atoms with van der Waals surface area (Å²) >= 11 is 0. The molecule has 1 heterocycles. The summed E-state index contributed by atoms with van der Waals surface area (Å²) in [6.07, 6.45) is 0. The van der Waals surface area contributed by atoms with Gasteiger partial charge in [-0.1, -0.05) is 70.1 Å². The molecule has 0 amide bonds. The van der Waals surface area contributed by atoms with Crippen LogP contribution in [0.25, 0.3) is 0 Å². The lowest BCUT2D eigenvalue weighted by Gasteiger charge is -2.31. The number of nitrogens with zero attached hydrogens (tertiary/aromatic N) is 1. The number of nitrogens with one attached hydrogen (secondary N) is 1. The van der Waals surface area contributed by atoms with E-state index in [0.717, 1.165) is 5.56 Å². The van der Waals surface area contributed by atoms with Crippen LogP contribution in [0.3, 0.4) is 0 Å². The first kappa shape index (κ1) is 18.2. The molecule has 126 valence electrons. The van der Waals surface area contributed by atoms with Crippen molar-refractivity contribution in [3.05, 3.63) is 35.9 Å². The van der Waals surface area contributed by atoms with Crippen molar-refractivity contribution in [1.82, 2.24) is 9.03 Å². The zero-order valence-electron chi connectivity index (χ0n) is 14.6. The standard InChI is InChI=1S/C17H26N2O2SSi/c1-17(2,3)23(4,5)12-11-16-14-19(22(20,21)18-16)13-15-9-7-6-8-10-15/h6-10,16,18H,13-14H2,1-5H3/t16-/m1/s1. The van der Waals surface area contributed by atoms with E-state index in [1.165, 1.54) is 4.31 Å². The highest BCUT2D eigenvalue weighted by Gasteiger charge is 2.36.